The van der Waals surface area contributed by atoms with Crippen LogP contribution in [0.2, 0.25) is 0 Å². The fraction of sp³-hybridized carbons (Fsp3) is 0.438. The van der Waals surface area contributed by atoms with E-state index < -0.39 is 5.60 Å². The maximum Gasteiger partial charge on any atom is 0.336 e. The summed E-state index contributed by atoms with van der Waals surface area (Å²) in [6.45, 7) is 11.9. The average molecular weight is 293 g/mol. The third-order valence-corrected chi connectivity index (χ3v) is 3.33. The molecule has 0 spiro atoms. The smallest absolute Gasteiger partial charge is 0.336 e. The van der Waals surface area contributed by atoms with Crippen LogP contribution >= 0.6 is 11.3 Å². The molecule has 1 aromatic rings. The second-order valence-electron chi connectivity index (χ2n) is 5.54. The summed E-state index contributed by atoms with van der Waals surface area (Å²) in [6.07, 6.45) is 3.66. The Balaban J connectivity index is 2.95. The van der Waals surface area contributed by atoms with E-state index in [1.807, 2.05) is 51.3 Å². The molecule has 1 atom stereocenters. The second kappa shape index (κ2) is 7.41. The van der Waals surface area contributed by atoms with Gasteiger partial charge in [0, 0.05) is 17.5 Å². The van der Waals surface area contributed by atoms with Crippen LogP contribution in [0.15, 0.2) is 35.7 Å². The molecule has 0 amide bonds. The number of rotatable bonds is 6. The molecule has 0 aliphatic heterocycles. The van der Waals surface area contributed by atoms with Gasteiger partial charge in [-0.3, -0.25) is 0 Å². The molecule has 0 aliphatic carbocycles. The van der Waals surface area contributed by atoms with Gasteiger partial charge in [0.2, 0.25) is 0 Å². The number of carbonyl (C=O) groups excluding carboxylic acids is 1. The van der Waals surface area contributed by atoms with Gasteiger partial charge in [-0.25, -0.2) is 4.79 Å². The summed E-state index contributed by atoms with van der Waals surface area (Å²) in [5.74, 6) is -0.282. The molecule has 110 valence electrons. The highest BCUT2D eigenvalue weighted by Crippen LogP contribution is 2.19. The van der Waals surface area contributed by atoms with Crippen molar-refractivity contribution >= 4 is 23.4 Å². The minimum atomic E-state index is -0.496. The lowest BCUT2D eigenvalue weighted by Crippen LogP contribution is -2.34. The lowest BCUT2D eigenvalue weighted by Gasteiger charge is -2.23. The molecule has 1 N–H and O–H groups in total. The van der Waals surface area contributed by atoms with Gasteiger partial charge in [-0.1, -0.05) is 12.1 Å². The Morgan fingerprint density at radius 1 is 1.55 bits per heavy atom. The average Bonchev–Trinajstić information content (AvgIpc) is 2.83. The monoisotopic (exact) mass is 293 g/mol. The number of thiophene rings is 1. The van der Waals surface area contributed by atoms with E-state index in [1.165, 1.54) is 0 Å². The Kier molecular flexibility index (Phi) is 6.17. The fourth-order valence-corrected chi connectivity index (χ4v) is 2.26. The van der Waals surface area contributed by atoms with E-state index in [2.05, 4.69) is 11.9 Å². The molecular formula is C16H23NO2S. The van der Waals surface area contributed by atoms with Crippen LogP contribution in [0, 0.1) is 0 Å². The van der Waals surface area contributed by atoms with Gasteiger partial charge in [0.15, 0.2) is 0 Å². The standard InChI is InChI=1S/C16H23NO2S/c1-6-9-17-12(2)14(11-13-8-7-10-20-13)15(18)19-16(3,4)5/h6-8,10-12,17H,1,9H2,2-5H3/b14-11+. The fourth-order valence-electron chi connectivity index (χ4n) is 1.59. The van der Waals surface area contributed by atoms with E-state index in [0.29, 0.717) is 12.1 Å². The van der Waals surface area contributed by atoms with Crippen molar-refractivity contribution < 1.29 is 9.53 Å². The van der Waals surface area contributed by atoms with Gasteiger partial charge in [0.05, 0.1) is 5.57 Å². The molecule has 0 radical (unpaired) electrons. The van der Waals surface area contributed by atoms with E-state index in [-0.39, 0.29) is 12.0 Å². The van der Waals surface area contributed by atoms with Crippen LogP contribution in [0.25, 0.3) is 6.08 Å². The number of hydrogen-bond acceptors (Lipinski definition) is 4. The van der Waals surface area contributed by atoms with Gasteiger partial charge >= 0.3 is 5.97 Å². The van der Waals surface area contributed by atoms with Crippen molar-refractivity contribution in [2.45, 2.75) is 39.3 Å². The molecule has 1 unspecified atom stereocenters. The summed E-state index contributed by atoms with van der Waals surface area (Å²) in [7, 11) is 0. The number of nitrogens with one attached hydrogen (secondary N) is 1. The number of esters is 1. The van der Waals surface area contributed by atoms with Gasteiger partial charge in [-0.15, -0.1) is 17.9 Å². The van der Waals surface area contributed by atoms with Crippen molar-refractivity contribution in [1.82, 2.24) is 5.32 Å². The lowest BCUT2D eigenvalue weighted by atomic mass is 10.1. The van der Waals surface area contributed by atoms with Crippen molar-refractivity contribution in [2.24, 2.45) is 0 Å². The Bertz CT molecular complexity index is 469. The minimum Gasteiger partial charge on any atom is -0.457 e. The SMILES string of the molecule is C=CCNC(C)/C(=C\c1cccs1)C(=O)OC(C)(C)C. The third kappa shape index (κ3) is 5.72. The highest BCUT2D eigenvalue weighted by molar-refractivity contribution is 7.10. The molecule has 1 heterocycles. The van der Waals surface area contributed by atoms with Crippen LogP contribution in [0.3, 0.4) is 0 Å². The van der Waals surface area contributed by atoms with Crippen molar-refractivity contribution in [3.05, 3.63) is 40.6 Å². The van der Waals surface area contributed by atoms with E-state index in [1.54, 1.807) is 17.4 Å². The minimum absolute atomic E-state index is 0.0926. The van der Waals surface area contributed by atoms with Crippen LogP contribution in [0.1, 0.15) is 32.6 Å². The van der Waals surface area contributed by atoms with Crippen molar-refractivity contribution in [2.75, 3.05) is 6.54 Å². The van der Waals surface area contributed by atoms with Crippen molar-refractivity contribution in [3.63, 3.8) is 0 Å². The molecule has 0 aromatic carbocycles. The van der Waals surface area contributed by atoms with Crippen LogP contribution in [-0.2, 0) is 9.53 Å². The first kappa shape index (κ1) is 16.7. The first-order valence-corrected chi connectivity index (χ1v) is 7.54. The van der Waals surface area contributed by atoms with Crippen LogP contribution < -0.4 is 5.32 Å². The predicted molar refractivity (Wildman–Crippen MR) is 85.8 cm³/mol. The normalized spacial score (nSPS) is 13.9. The van der Waals surface area contributed by atoms with E-state index in [4.69, 9.17) is 4.74 Å². The molecule has 20 heavy (non-hydrogen) atoms. The summed E-state index contributed by atoms with van der Waals surface area (Å²) < 4.78 is 5.48. The topological polar surface area (TPSA) is 38.3 Å². The van der Waals surface area contributed by atoms with E-state index in [9.17, 15) is 4.79 Å². The Hall–Kier alpha value is -1.39. The molecule has 1 aromatic heterocycles. The summed E-state index contributed by atoms with van der Waals surface area (Å²) in [5.41, 5.74) is 0.133. The predicted octanol–water partition coefficient (Wildman–Crippen LogP) is 3.64. The van der Waals surface area contributed by atoms with E-state index >= 15 is 0 Å². The zero-order valence-corrected chi connectivity index (χ0v) is 13.4. The van der Waals surface area contributed by atoms with Crippen LogP contribution in [-0.4, -0.2) is 24.2 Å². The Labute approximate surface area is 125 Å². The summed E-state index contributed by atoms with van der Waals surface area (Å²) >= 11 is 1.60. The van der Waals surface area contributed by atoms with E-state index in [0.717, 1.165) is 4.88 Å². The zero-order chi connectivity index (χ0) is 15.2. The van der Waals surface area contributed by atoms with Crippen molar-refractivity contribution in [1.29, 1.82) is 0 Å². The molecule has 0 aliphatic rings. The highest BCUT2D eigenvalue weighted by atomic mass is 32.1. The molecular weight excluding hydrogens is 270 g/mol. The number of carbonyl (C=O) groups is 1. The Morgan fingerprint density at radius 3 is 2.75 bits per heavy atom. The highest BCUT2D eigenvalue weighted by Gasteiger charge is 2.23. The van der Waals surface area contributed by atoms with Crippen LogP contribution in [0.5, 0.6) is 0 Å². The molecule has 4 heteroatoms. The van der Waals surface area contributed by atoms with Gasteiger partial charge in [-0.2, -0.15) is 0 Å². The molecule has 3 nitrogen and oxygen atoms in total. The Morgan fingerprint density at radius 2 is 2.25 bits per heavy atom. The van der Waals surface area contributed by atoms with Gasteiger partial charge in [0.1, 0.15) is 5.60 Å². The third-order valence-electron chi connectivity index (χ3n) is 2.51. The number of ether oxygens (including phenoxy) is 1. The number of hydrogen-bond donors (Lipinski definition) is 1. The molecule has 0 saturated heterocycles. The van der Waals surface area contributed by atoms with Gasteiger partial charge in [-0.05, 0) is 45.2 Å². The van der Waals surface area contributed by atoms with Crippen molar-refractivity contribution in [3.8, 4) is 0 Å². The molecule has 1 rings (SSSR count). The maximum absolute atomic E-state index is 12.3. The summed E-state index contributed by atoms with van der Waals surface area (Å²) in [5, 5.41) is 5.22. The maximum atomic E-state index is 12.3. The molecule has 0 bridgehead atoms. The second-order valence-corrected chi connectivity index (χ2v) is 6.51. The largest absolute Gasteiger partial charge is 0.457 e. The van der Waals surface area contributed by atoms with Gasteiger partial charge in [0.25, 0.3) is 0 Å². The summed E-state index contributed by atoms with van der Waals surface area (Å²) in [6, 6.07) is 3.85. The first-order valence-electron chi connectivity index (χ1n) is 6.66. The quantitative estimate of drug-likeness (QED) is 0.494. The van der Waals surface area contributed by atoms with Gasteiger partial charge < -0.3 is 10.1 Å². The zero-order valence-electron chi connectivity index (χ0n) is 12.6. The molecule has 0 saturated carbocycles. The lowest BCUT2D eigenvalue weighted by molar-refractivity contribution is -0.150. The van der Waals surface area contributed by atoms with Crippen LogP contribution in [0.4, 0.5) is 0 Å². The summed E-state index contributed by atoms with van der Waals surface area (Å²) in [4.78, 5) is 13.4. The first-order chi connectivity index (χ1) is 9.33. The molecule has 0 fully saturated rings.